The number of rotatable bonds is 7. The zero-order valence-electron chi connectivity index (χ0n) is 30.2. The van der Waals surface area contributed by atoms with Gasteiger partial charge in [0.05, 0.1) is 28.9 Å². The third-order valence-corrected chi connectivity index (χ3v) is 10.7. The standard InChI is InChI=1S/C51H33N3O2/c1-3-14-34(15-4-1)38-19-7-9-23-44(38)54(46-24-11-21-42-39-20-8-10-25-47(39)56-51(42)46)45-30-29-41-40-28-27-36(32-49(40)55-48-26-12-22-43(45)50(41)48)53(35-16-5-2-6-17-35)37-18-13-31-52-33-37/h1-33H. The molecule has 11 rings (SSSR count). The average Bonchev–Trinajstić information content (AvgIpc) is 3.65. The van der Waals surface area contributed by atoms with Gasteiger partial charge >= 0.3 is 0 Å². The molecule has 0 amide bonds. The van der Waals surface area contributed by atoms with Gasteiger partial charge in [-0.25, -0.2) is 0 Å². The summed E-state index contributed by atoms with van der Waals surface area (Å²) in [7, 11) is 0. The number of anilines is 6. The van der Waals surface area contributed by atoms with Crippen LogP contribution in [0.2, 0.25) is 0 Å². The monoisotopic (exact) mass is 719 g/mol. The molecule has 0 unspecified atom stereocenters. The first-order valence-corrected chi connectivity index (χ1v) is 18.8. The molecule has 0 fully saturated rings. The van der Waals surface area contributed by atoms with E-state index in [-0.39, 0.29) is 0 Å². The molecule has 0 radical (unpaired) electrons. The molecule has 1 aliphatic rings. The number of hydrogen-bond acceptors (Lipinski definition) is 5. The lowest BCUT2D eigenvalue weighted by Gasteiger charge is -2.31. The van der Waals surface area contributed by atoms with Crippen molar-refractivity contribution in [1.29, 1.82) is 0 Å². The highest BCUT2D eigenvalue weighted by Crippen LogP contribution is 2.53. The maximum atomic E-state index is 6.88. The fourth-order valence-corrected chi connectivity index (χ4v) is 8.28. The molecule has 264 valence electrons. The summed E-state index contributed by atoms with van der Waals surface area (Å²) < 4.78 is 13.6. The van der Waals surface area contributed by atoms with Gasteiger partial charge in [0.2, 0.25) is 0 Å². The van der Waals surface area contributed by atoms with Crippen molar-refractivity contribution in [3.05, 3.63) is 200 Å². The Morgan fingerprint density at radius 2 is 1.12 bits per heavy atom. The molecule has 3 heterocycles. The molecule has 0 saturated carbocycles. The van der Waals surface area contributed by atoms with Crippen LogP contribution in [0.15, 0.2) is 205 Å². The van der Waals surface area contributed by atoms with Crippen molar-refractivity contribution in [1.82, 2.24) is 4.98 Å². The molecule has 8 aromatic carbocycles. The maximum absolute atomic E-state index is 6.88. The van der Waals surface area contributed by atoms with Crippen LogP contribution in [0, 0.1) is 0 Å². The molecule has 0 aliphatic carbocycles. The Labute approximate surface area is 323 Å². The van der Waals surface area contributed by atoms with Crippen molar-refractivity contribution in [2.75, 3.05) is 9.80 Å². The zero-order valence-corrected chi connectivity index (χ0v) is 30.2. The second kappa shape index (κ2) is 13.0. The van der Waals surface area contributed by atoms with Crippen molar-refractivity contribution in [3.8, 4) is 33.8 Å². The summed E-state index contributed by atoms with van der Waals surface area (Å²) in [5.74, 6) is 1.62. The first-order valence-electron chi connectivity index (χ1n) is 18.8. The predicted octanol–water partition coefficient (Wildman–Crippen LogP) is 14.5. The minimum Gasteiger partial charge on any atom is -0.456 e. The third kappa shape index (κ3) is 5.13. The van der Waals surface area contributed by atoms with Gasteiger partial charge < -0.3 is 19.0 Å². The van der Waals surface area contributed by atoms with Crippen LogP contribution in [-0.2, 0) is 0 Å². The van der Waals surface area contributed by atoms with Crippen molar-refractivity contribution < 1.29 is 9.15 Å². The minimum atomic E-state index is 0.804. The van der Waals surface area contributed by atoms with Crippen molar-refractivity contribution in [2.24, 2.45) is 0 Å². The van der Waals surface area contributed by atoms with Gasteiger partial charge in [0, 0.05) is 56.3 Å². The van der Waals surface area contributed by atoms with Crippen molar-refractivity contribution in [3.63, 3.8) is 0 Å². The molecule has 0 N–H and O–H groups in total. The summed E-state index contributed by atoms with van der Waals surface area (Å²) in [5, 5.41) is 4.31. The third-order valence-electron chi connectivity index (χ3n) is 10.7. The summed E-state index contributed by atoms with van der Waals surface area (Å²) >= 11 is 0. The molecule has 5 nitrogen and oxygen atoms in total. The SMILES string of the molecule is c1ccc(-c2ccccc2N(c2ccc3c4c(cccc24)Oc2cc(N(c4ccccc4)c4cccnc4)ccc2-3)c2cccc3c2oc2ccccc23)cc1. The Hall–Kier alpha value is -7.63. The Kier molecular flexibility index (Phi) is 7.42. The van der Waals surface area contributed by atoms with Crippen LogP contribution in [-0.4, -0.2) is 4.98 Å². The van der Waals surface area contributed by atoms with E-state index in [1.807, 2.05) is 30.5 Å². The van der Waals surface area contributed by atoms with E-state index in [9.17, 15) is 0 Å². The van der Waals surface area contributed by atoms with Crippen LogP contribution >= 0.6 is 0 Å². The number of ether oxygens (including phenoxy) is 1. The highest BCUT2D eigenvalue weighted by atomic mass is 16.5. The van der Waals surface area contributed by atoms with E-state index in [1.54, 1.807) is 6.20 Å². The molecule has 1 aliphatic heterocycles. The van der Waals surface area contributed by atoms with Gasteiger partial charge in [0.15, 0.2) is 5.58 Å². The summed E-state index contributed by atoms with van der Waals surface area (Å²) in [6.45, 7) is 0. The van der Waals surface area contributed by atoms with Gasteiger partial charge in [0.1, 0.15) is 17.1 Å². The van der Waals surface area contributed by atoms with E-state index < -0.39 is 0 Å². The predicted molar refractivity (Wildman–Crippen MR) is 229 cm³/mol. The Morgan fingerprint density at radius 3 is 2.00 bits per heavy atom. The molecule has 5 heteroatoms. The number of benzene rings is 8. The lowest BCUT2D eigenvalue weighted by Crippen LogP contribution is -2.13. The topological polar surface area (TPSA) is 41.7 Å². The number of para-hydroxylation sites is 4. The van der Waals surface area contributed by atoms with Crippen molar-refractivity contribution in [2.45, 2.75) is 0 Å². The number of nitrogens with zero attached hydrogens (tertiary/aromatic N) is 3. The van der Waals surface area contributed by atoms with Gasteiger partial charge in [0.25, 0.3) is 0 Å². The van der Waals surface area contributed by atoms with Crippen LogP contribution in [0.25, 0.3) is 55.0 Å². The first-order chi connectivity index (χ1) is 27.8. The molecular formula is C51H33N3O2. The molecular weight excluding hydrogens is 687 g/mol. The average molecular weight is 720 g/mol. The second-order valence-electron chi connectivity index (χ2n) is 13.9. The lowest BCUT2D eigenvalue weighted by molar-refractivity contribution is 0.487. The summed E-state index contributed by atoms with van der Waals surface area (Å²) in [4.78, 5) is 9.00. The Morgan fingerprint density at radius 1 is 0.411 bits per heavy atom. The van der Waals surface area contributed by atoms with E-state index in [0.29, 0.717) is 0 Å². The highest BCUT2D eigenvalue weighted by molar-refractivity contribution is 6.15. The van der Waals surface area contributed by atoms with E-state index in [4.69, 9.17) is 9.15 Å². The molecule has 0 bridgehead atoms. The first kappa shape index (κ1) is 31.9. The summed E-state index contributed by atoms with van der Waals surface area (Å²) in [5.41, 5.74) is 12.1. The van der Waals surface area contributed by atoms with E-state index in [0.717, 1.165) is 101 Å². The molecule has 0 atom stereocenters. The number of aromatic nitrogens is 1. The fraction of sp³-hybridized carbons (Fsp3) is 0. The van der Waals surface area contributed by atoms with Crippen LogP contribution in [0.5, 0.6) is 11.5 Å². The molecule has 0 saturated heterocycles. The number of fused-ring (bicyclic) bond motifs is 5. The van der Waals surface area contributed by atoms with Crippen LogP contribution in [0.1, 0.15) is 0 Å². The largest absolute Gasteiger partial charge is 0.456 e. The van der Waals surface area contributed by atoms with Crippen LogP contribution in [0.4, 0.5) is 34.1 Å². The van der Waals surface area contributed by atoms with E-state index >= 15 is 0 Å². The molecule has 0 spiro atoms. The molecule has 2 aromatic heterocycles. The van der Waals surface area contributed by atoms with Crippen LogP contribution in [0.3, 0.4) is 0 Å². The highest BCUT2D eigenvalue weighted by Gasteiger charge is 2.28. The summed E-state index contributed by atoms with van der Waals surface area (Å²) in [6, 6.07) is 65.6. The van der Waals surface area contributed by atoms with Gasteiger partial charge in [-0.05, 0) is 77.9 Å². The summed E-state index contributed by atoms with van der Waals surface area (Å²) in [6.07, 6.45) is 3.69. The quantitative estimate of drug-likeness (QED) is 0.164. The second-order valence-corrected chi connectivity index (χ2v) is 13.9. The Balaban J connectivity index is 1.12. The fourth-order valence-electron chi connectivity index (χ4n) is 8.28. The smallest absolute Gasteiger partial charge is 0.159 e. The van der Waals surface area contributed by atoms with Gasteiger partial charge in [-0.1, -0.05) is 115 Å². The maximum Gasteiger partial charge on any atom is 0.159 e. The van der Waals surface area contributed by atoms with Gasteiger partial charge in [-0.2, -0.15) is 0 Å². The van der Waals surface area contributed by atoms with Crippen LogP contribution < -0.4 is 14.5 Å². The lowest BCUT2D eigenvalue weighted by atomic mass is 9.92. The van der Waals surface area contributed by atoms with E-state index in [2.05, 4.69) is 179 Å². The van der Waals surface area contributed by atoms with Crippen molar-refractivity contribution >= 4 is 66.8 Å². The van der Waals surface area contributed by atoms with E-state index in [1.165, 1.54) is 0 Å². The zero-order chi connectivity index (χ0) is 37.0. The normalized spacial score (nSPS) is 11.7. The number of furan rings is 1. The molecule has 10 aromatic rings. The number of pyridine rings is 1. The van der Waals surface area contributed by atoms with Gasteiger partial charge in [-0.3, -0.25) is 4.98 Å². The van der Waals surface area contributed by atoms with Gasteiger partial charge in [-0.15, -0.1) is 0 Å². The number of hydrogen-bond donors (Lipinski definition) is 0. The Bertz CT molecular complexity index is 3030. The molecule has 56 heavy (non-hydrogen) atoms. The minimum absolute atomic E-state index is 0.804.